The molecule has 104 valence electrons. The van der Waals surface area contributed by atoms with Gasteiger partial charge in [-0.15, -0.1) is 0 Å². The van der Waals surface area contributed by atoms with E-state index in [4.69, 9.17) is 0 Å². The molecule has 1 N–H and O–H groups in total. The van der Waals surface area contributed by atoms with E-state index in [1.165, 1.54) is 18.4 Å². The van der Waals surface area contributed by atoms with Crippen LogP contribution in [0.15, 0.2) is 24.3 Å². The molecule has 1 heterocycles. The Bertz CT molecular complexity index is 425. The van der Waals surface area contributed by atoms with Gasteiger partial charge in [-0.3, -0.25) is 4.79 Å². The van der Waals surface area contributed by atoms with Gasteiger partial charge in [0.15, 0.2) is 0 Å². The van der Waals surface area contributed by atoms with Crippen LogP contribution in [0.5, 0.6) is 0 Å². The Morgan fingerprint density at radius 3 is 2.84 bits per heavy atom. The van der Waals surface area contributed by atoms with E-state index >= 15 is 0 Å². The van der Waals surface area contributed by atoms with Crippen molar-refractivity contribution in [2.24, 2.45) is 5.92 Å². The molecule has 2 rings (SSSR count). The topological polar surface area (TPSA) is 32.3 Å². The summed E-state index contributed by atoms with van der Waals surface area (Å²) in [6, 6.07) is 8.12. The highest BCUT2D eigenvalue weighted by Crippen LogP contribution is 2.22. The molecule has 0 spiro atoms. The summed E-state index contributed by atoms with van der Waals surface area (Å²) in [6.07, 6.45) is 3.02. The van der Waals surface area contributed by atoms with E-state index in [9.17, 15) is 4.79 Å². The normalized spacial score (nSPS) is 19.2. The number of anilines is 1. The Morgan fingerprint density at radius 2 is 2.21 bits per heavy atom. The van der Waals surface area contributed by atoms with Crippen molar-refractivity contribution in [2.75, 3.05) is 24.5 Å². The fraction of sp³-hybridized carbons (Fsp3) is 0.562. The predicted octanol–water partition coefficient (Wildman–Crippen LogP) is 2.74. The van der Waals surface area contributed by atoms with Crippen LogP contribution in [-0.2, 0) is 4.79 Å². The van der Waals surface area contributed by atoms with E-state index in [1.54, 1.807) is 0 Å². The van der Waals surface area contributed by atoms with Crippen molar-refractivity contribution in [1.29, 1.82) is 0 Å². The summed E-state index contributed by atoms with van der Waals surface area (Å²) < 4.78 is 0. The van der Waals surface area contributed by atoms with Gasteiger partial charge >= 0.3 is 0 Å². The maximum absolute atomic E-state index is 12.5. The molecule has 0 aromatic heterocycles. The van der Waals surface area contributed by atoms with Crippen LogP contribution in [-0.4, -0.2) is 25.5 Å². The summed E-state index contributed by atoms with van der Waals surface area (Å²) in [5.41, 5.74) is 2.22. The lowest BCUT2D eigenvalue weighted by atomic mass is 9.95. The molecule has 3 heteroatoms. The molecule has 19 heavy (non-hydrogen) atoms. The Hall–Kier alpha value is -1.35. The zero-order chi connectivity index (χ0) is 13.7. The Balaban J connectivity index is 2.04. The van der Waals surface area contributed by atoms with Gasteiger partial charge in [-0.05, 0) is 57.3 Å². The molecule has 0 bridgehead atoms. The Labute approximate surface area is 116 Å². The monoisotopic (exact) mass is 260 g/mol. The third-order valence-electron chi connectivity index (χ3n) is 3.89. The van der Waals surface area contributed by atoms with Crippen LogP contribution in [0.1, 0.15) is 31.7 Å². The lowest BCUT2D eigenvalue weighted by Gasteiger charge is -2.27. The van der Waals surface area contributed by atoms with Crippen molar-refractivity contribution >= 4 is 11.6 Å². The first-order valence-corrected chi connectivity index (χ1v) is 7.29. The second-order valence-electron chi connectivity index (χ2n) is 5.34. The number of carbonyl (C=O) groups excluding carboxylic acids is 1. The number of carbonyl (C=O) groups is 1. The maximum Gasteiger partial charge on any atom is 0.227 e. The molecule has 1 amide bonds. The minimum absolute atomic E-state index is 0.255. The molecular formula is C16H24N2O. The van der Waals surface area contributed by atoms with Crippen molar-refractivity contribution in [3.05, 3.63) is 29.8 Å². The largest absolute Gasteiger partial charge is 0.316 e. The first-order chi connectivity index (χ1) is 9.22. The number of benzene rings is 1. The van der Waals surface area contributed by atoms with E-state index in [1.807, 2.05) is 30.0 Å². The van der Waals surface area contributed by atoms with Crippen LogP contribution in [0.25, 0.3) is 0 Å². The number of hydrogen-bond acceptors (Lipinski definition) is 2. The van der Waals surface area contributed by atoms with Crippen LogP contribution in [0.4, 0.5) is 5.69 Å². The van der Waals surface area contributed by atoms with Crippen molar-refractivity contribution < 1.29 is 4.79 Å². The summed E-state index contributed by atoms with van der Waals surface area (Å²) >= 11 is 0. The van der Waals surface area contributed by atoms with Crippen molar-refractivity contribution in [3.63, 3.8) is 0 Å². The highest BCUT2D eigenvalue weighted by molar-refractivity contribution is 5.94. The number of para-hydroxylation sites is 1. The molecule has 0 radical (unpaired) electrons. The van der Waals surface area contributed by atoms with Gasteiger partial charge in [-0.2, -0.15) is 0 Å². The molecule has 3 nitrogen and oxygen atoms in total. The number of piperidine rings is 1. The van der Waals surface area contributed by atoms with Crippen LogP contribution >= 0.6 is 0 Å². The molecule has 1 aliphatic rings. The molecule has 0 aliphatic carbocycles. The van der Waals surface area contributed by atoms with Gasteiger partial charge in [0.1, 0.15) is 0 Å². The summed E-state index contributed by atoms with van der Waals surface area (Å²) in [6.45, 7) is 6.93. The van der Waals surface area contributed by atoms with Crippen LogP contribution < -0.4 is 10.2 Å². The molecule has 1 aliphatic heterocycles. The number of rotatable bonds is 4. The average molecular weight is 260 g/mol. The van der Waals surface area contributed by atoms with Gasteiger partial charge in [0.05, 0.1) is 0 Å². The van der Waals surface area contributed by atoms with Crippen LogP contribution in [0.2, 0.25) is 0 Å². The summed E-state index contributed by atoms with van der Waals surface area (Å²) in [4.78, 5) is 14.4. The van der Waals surface area contributed by atoms with Crippen LogP contribution in [0, 0.1) is 12.8 Å². The van der Waals surface area contributed by atoms with E-state index < -0.39 is 0 Å². The molecular weight excluding hydrogens is 236 g/mol. The van der Waals surface area contributed by atoms with E-state index in [0.29, 0.717) is 12.3 Å². The van der Waals surface area contributed by atoms with Gasteiger partial charge in [0.2, 0.25) is 5.91 Å². The van der Waals surface area contributed by atoms with Gasteiger partial charge < -0.3 is 10.2 Å². The van der Waals surface area contributed by atoms with Crippen molar-refractivity contribution in [3.8, 4) is 0 Å². The zero-order valence-electron chi connectivity index (χ0n) is 12.0. The molecule has 1 unspecified atom stereocenters. The van der Waals surface area contributed by atoms with Gasteiger partial charge in [-0.1, -0.05) is 18.2 Å². The van der Waals surface area contributed by atoms with Gasteiger partial charge in [0.25, 0.3) is 0 Å². The zero-order valence-corrected chi connectivity index (χ0v) is 12.0. The molecule has 1 fully saturated rings. The average Bonchev–Trinajstić information content (AvgIpc) is 2.43. The first-order valence-electron chi connectivity index (χ1n) is 7.29. The predicted molar refractivity (Wildman–Crippen MR) is 79.4 cm³/mol. The molecule has 0 saturated carbocycles. The standard InChI is InChI=1S/C16H24N2O/c1-3-18(15-9-5-4-7-13(15)2)16(19)11-14-8-6-10-17-12-14/h4-5,7,9,14,17H,3,6,8,10-12H2,1-2H3. The highest BCUT2D eigenvalue weighted by Gasteiger charge is 2.21. The van der Waals surface area contributed by atoms with Crippen molar-refractivity contribution in [1.82, 2.24) is 5.32 Å². The Morgan fingerprint density at radius 1 is 1.42 bits per heavy atom. The minimum atomic E-state index is 0.255. The SMILES string of the molecule is CCN(C(=O)CC1CCCNC1)c1ccccc1C. The first kappa shape index (κ1) is 14.1. The smallest absolute Gasteiger partial charge is 0.227 e. The number of amides is 1. The lowest BCUT2D eigenvalue weighted by molar-refractivity contribution is -0.119. The quantitative estimate of drug-likeness (QED) is 0.903. The van der Waals surface area contributed by atoms with Gasteiger partial charge in [-0.25, -0.2) is 0 Å². The fourth-order valence-corrected chi connectivity index (χ4v) is 2.80. The van der Waals surface area contributed by atoms with Crippen LogP contribution in [0.3, 0.4) is 0 Å². The number of aryl methyl sites for hydroxylation is 1. The van der Waals surface area contributed by atoms with Crippen molar-refractivity contribution in [2.45, 2.75) is 33.1 Å². The van der Waals surface area contributed by atoms with E-state index in [0.717, 1.165) is 25.3 Å². The third kappa shape index (κ3) is 3.57. The van der Waals surface area contributed by atoms with E-state index in [2.05, 4.69) is 18.3 Å². The maximum atomic E-state index is 12.5. The third-order valence-corrected chi connectivity index (χ3v) is 3.89. The molecule has 1 aromatic carbocycles. The summed E-state index contributed by atoms with van der Waals surface area (Å²) in [5, 5.41) is 3.38. The Kier molecular flexibility index (Phi) is 4.97. The number of nitrogens with zero attached hydrogens (tertiary/aromatic N) is 1. The fourth-order valence-electron chi connectivity index (χ4n) is 2.80. The summed E-state index contributed by atoms with van der Waals surface area (Å²) in [5.74, 6) is 0.754. The number of hydrogen-bond donors (Lipinski definition) is 1. The second kappa shape index (κ2) is 6.71. The molecule has 1 atom stereocenters. The number of nitrogens with one attached hydrogen (secondary N) is 1. The molecule has 1 saturated heterocycles. The lowest BCUT2D eigenvalue weighted by Crippen LogP contribution is -2.37. The van der Waals surface area contributed by atoms with Gasteiger partial charge in [0, 0.05) is 18.7 Å². The summed E-state index contributed by atoms with van der Waals surface area (Å²) in [7, 11) is 0. The van der Waals surface area contributed by atoms with E-state index in [-0.39, 0.29) is 5.91 Å². The highest BCUT2D eigenvalue weighted by atomic mass is 16.2. The minimum Gasteiger partial charge on any atom is -0.316 e. The second-order valence-corrected chi connectivity index (χ2v) is 5.34. The molecule has 1 aromatic rings.